The third-order valence-corrected chi connectivity index (χ3v) is 3.51. The third kappa shape index (κ3) is 2.93. The molecule has 0 bridgehead atoms. The van der Waals surface area contributed by atoms with Gasteiger partial charge in [-0.3, -0.25) is 9.88 Å². The molecule has 0 fully saturated rings. The van der Waals surface area contributed by atoms with Crippen LogP contribution in [0.2, 0.25) is 0 Å². The van der Waals surface area contributed by atoms with Gasteiger partial charge in [-0.1, -0.05) is 18.2 Å². The number of hydrogen-bond acceptors (Lipinski definition) is 3. The zero-order valence-electron chi connectivity index (χ0n) is 11.3. The first-order valence-electron chi connectivity index (χ1n) is 6.74. The Kier molecular flexibility index (Phi) is 3.47. The minimum Gasteiger partial charge on any atom is -0.384 e. The van der Waals surface area contributed by atoms with Gasteiger partial charge < -0.3 is 5.32 Å². The lowest BCUT2D eigenvalue weighted by atomic mass is 10.1. The van der Waals surface area contributed by atoms with E-state index in [1.54, 1.807) is 0 Å². The summed E-state index contributed by atoms with van der Waals surface area (Å²) < 4.78 is 0. The highest BCUT2D eigenvalue weighted by Crippen LogP contribution is 2.23. The van der Waals surface area contributed by atoms with Gasteiger partial charge in [-0.15, -0.1) is 0 Å². The van der Waals surface area contributed by atoms with Gasteiger partial charge in [0, 0.05) is 37.7 Å². The smallest absolute Gasteiger partial charge is 0.0373 e. The van der Waals surface area contributed by atoms with Crippen molar-refractivity contribution in [2.75, 3.05) is 18.9 Å². The Morgan fingerprint density at radius 2 is 2.11 bits per heavy atom. The lowest BCUT2D eigenvalue weighted by Crippen LogP contribution is -2.17. The minimum absolute atomic E-state index is 0.934. The van der Waals surface area contributed by atoms with Crippen LogP contribution < -0.4 is 5.32 Å². The SMILES string of the molecule is CN(Cc1cccnc1)Cc1ccc2c(c1)CCN2. The van der Waals surface area contributed by atoms with E-state index >= 15 is 0 Å². The molecule has 0 radical (unpaired) electrons. The standard InChI is InChI=1S/C16H19N3/c1-19(12-14-3-2-7-17-10-14)11-13-4-5-16-15(9-13)6-8-18-16/h2-5,7,9-10,18H,6,8,11-12H2,1H3. The summed E-state index contributed by atoms with van der Waals surface area (Å²) in [6.07, 6.45) is 4.90. The molecule has 1 aromatic carbocycles. The van der Waals surface area contributed by atoms with Crippen molar-refractivity contribution < 1.29 is 0 Å². The first-order valence-corrected chi connectivity index (χ1v) is 6.74. The van der Waals surface area contributed by atoms with Crippen LogP contribution >= 0.6 is 0 Å². The van der Waals surface area contributed by atoms with E-state index in [1.807, 2.05) is 18.5 Å². The van der Waals surface area contributed by atoms with Crippen molar-refractivity contribution in [2.45, 2.75) is 19.5 Å². The molecular weight excluding hydrogens is 234 g/mol. The van der Waals surface area contributed by atoms with Gasteiger partial charge in [-0.2, -0.15) is 0 Å². The Morgan fingerprint density at radius 3 is 2.95 bits per heavy atom. The van der Waals surface area contributed by atoms with Crippen LogP contribution in [0.1, 0.15) is 16.7 Å². The molecule has 19 heavy (non-hydrogen) atoms. The maximum absolute atomic E-state index is 4.16. The number of hydrogen-bond donors (Lipinski definition) is 1. The number of aromatic nitrogens is 1. The molecule has 0 atom stereocenters. The second-order valence-corrected chi connectivity index (χ2v) is 5.20. The van der Waals surface area contributed by atoms with Crippen molar-refractivity contribution in [3.05, 3.63) is 59.4 Å². The van der Waals surface area contributed by atoms with Crippen LogP contribution in [-0.4, -0.2) is 23.5 Å². The molecule has 0 saturated heterocycles. The van der Waals surface area contributed by atoms with Crippen molar-refractivity contribution in [1.82, 2.24) is 9.88 Å². The number of nitrogens with one attached hydrogen (secondary N) is 1. The maximum Gasteiger partial charge on any atom is 0.0373 e. The topological polar surface area (TPSA) is 28.2 Å². The van der Waals surface area contributed by atoms with Crippen molar-refractivity contribution in [2.24, 2.45) is 0 Å². The van der Waals surface area contributed by atoms with Gasteiger partial charge in [0.05, 0.1) is 0 Å². The largest absolute Gasteiger partial charge is 0.384 e. The van der Waals surface area contributed by atoms with Gasteiger partial charge in [0.1, 0.15) is 0 Å². The summed E-state index contributed by atoms with van der Waals surface area (Å²) in [7, 11) is 2.15. The molecule has 0 spiro atoms. The molecule has 1 aliphatic rings. The molecule has 98 valence electrons. The number of benzene rings is 1. The summed E-state index contributed by atoms with van der Waals surface area (Å²) in [5, 5.41) is 3.40. The van der Waals surface area contributed by atoms with E-state index in [1.165, 1.54) is 22.4 Å². The van der Waals surface area contributed by atoms with E-state index in [0.717, 1.165) is 26.1 Å². The molecule has 3 heteroatoms. The number of fused-ring (bicyclic) bond motifs is 1. The fraction of sp³-hybridized carbons (Fsp3) is 0.312. The minimum atomic E-state index is 0.934. The van der Waals surface area contributed by atoms with Crippen LogP contribution in [0.5, 0.6) is 0 Å². The fourth-order valence-corrected chi connectivity index (χ4v) is 2.63. The highest BCUT2D eigenvalue weighted by molar-refractivity contribution is 5.56. The van der Waals surface area contributed by atoms with Crippen molar-refractivity contribution in [1.29, 1.82) is 0 Å². The van der Waals surface area contributed by atoms with E-state index < -0.39 is 0 Å². The van der Waals surface area contributed by atoms with Gasteiger partial charge in [0.15, 0.2) is 0 Å². The quantitative estimate of drug-likeness (QED) is 0.908. The van der Waals surface area contributed by atoms with Crippen molar-refractivity contribution >= 4 is 5.69 Å². The summed E-state index contributed by atoms with van der Waals surface area (Å²) in [6.45, 7) is 2.98. The third-order valence-electron chi connectivity index (χ3n) is 3.51. The molecule has 1 N–H and O–H groups in total. The van der Waals surface area contributed by atoms with E-state index in [0.29, 0.717) is 0 Å². The predicted molar refractivity (Wildman–Crippen MR) is 78.0 cm³/mol. The molecule has 0 aliphatic carbocycles. The zero-order chi connectivity index (χ0) is 13.1. The lowest BCUT2D eigenvalue weighted by Gasteiger charge is -2.17. The average Bonchev–Trinajstić information content (AvgIpc) is 2.87. The Morgan fingerprint density at radius 1 is 1.21 bits per heavy atom. The summed E-state index contributed by atoms with van der Waals surface area (Å²) in [5.74, 6) is 0. The molecule has 0 unspecified atom stereocenters. The van der Waals surface area contributed by atoms with E-state index in [-0.39, 0.29) is 0 Å². The van der Waals surface area contributed by atoms with Gasteiger partial charge in [-0.05, 0) is 42.3 Å². The number of anilines is 1. The predicted octanol–water partition coefficient (Wildman–Crippen LogP) is 2.68. The van der Waals surface area contributed by atoms with Crippen molar-refractivity contribution in [3.63, 3.8) is 0 Å². The van der Waals surface area contributed by atoms with Crippen LogP contribution in [0.15, 0.2) is 42.7 Å². The Balaban J connectivity index is 1.65. The first-order chi connectivity index (χ1) is 9.31. The maximum atomic E-state index is 4.16. The van der Waals surface area contributed by atoms with Crippen LogP contribution in [0.4, 0.5) is 5.69 Å². The van der Waals surface area contributed by atoms with Crippen molar-refractivity contribution in [3.8, 4) is 0 Å². The highest BCUT2D eigenvalue weighted by Gasteiger charge is 2.10. The summed E-state index contributed by atoms with van der Waals surface area (Å²) in [4.78, 5) is 6.48. The Hall–Kier alpha value is -1.87. The molecule has 1 aromatic heterocycles. The van der Waals surface area contributed by atoms with Crippen LogP contribution in [0, 0.1) is 0 Å². The van der Waals surface area contributed by atoms with E-state index in [9.17, 15) is 0 Å². The highest BCUT2D eigenvalue weighted by atomic mass is 15.1. The van der Waals surface area contributed by atoms with Gasteiger partial charge in [0.25, 0.3) is 0 Å². The molecule has 3 nitrogen and oxygen atoms in total. The Bertz CT molecular complexity index is 551. The lowest BCUT2D eigenvalue weighted by molar-refractivity contribution is 0.318. The van der Waals surface area contributed by atoms with Crippen LogP contribution in [0.3, 0.4) is 0 Å². The molecule has 0 amide bonds. The first kappa shape index (κ1) is 12.2. The molecule has 2 aromatic rings. The second-order valence-electron chi connectivity index (χ2n) is 5.20. The van der Waals surface area contributed by atoms with Crippen LogP contribution in [-0.2, 0) is 19.5 Å². The summed E-state index contributed by atoms with van der Waals surface area (Å²) in [6, 6.07) is 10.9. The zero-order valence-corrected chi connectivity index (χ0v) is 11.3. The number of nitrogens with zero attached hydrogens (tertiary/aromatic N) is 2. The van der Waals surface area contributed by atoms with Gasteiger partial charge in [-0.25, -0.2) is 0 Å². The fourth-order valence-electron chi connectivity index (χ4n) is 2.63. The number of pyridine rings is 1. The monoisotopic (exact) mass is 253 g/mol. The second kappa shape index (κ2) is 5.41. The Labute approximate surface area is 114 Å². The molecule has 2 heterocycles. The average molecular weight is 253 g/mol. The van der Waals surface area contributed by atoms with Gasteiger partial charge in [0.2, 0.25) is 0 Å². The molecular formula is C16H19N3. The van der Waals surface area contributed by atoms with Crippen LogP contribution in [0.25, 0.3) is 0 Å². The molecule has 1 aliphatic heterocycles. The van der Waals surface area contributed by atoms with E-state index in [2.05, 4.69) is 46.5 Å². The summed E-state index contributed by atoms with van der Waals surface area (Å²) >= 11 is 0. The molecule has 3 rings (SSSR count). The normalized spacial score (nSPS) is 13.4. The molecule has 0 saturated carbocycles. The number of rotatable bonds is 4. The van der Waals surface area contributed by atoms with Gasteiger partial charge >= 0.3 is 0 Å². The van der Waals surface area contributed by atoms with E-state index in [4.69, 9.17) is 0 Å². The summed E-state index contributed by atoms with van der Waals surface area (Å²) in [5.41, 5.74) is 5.40.